The maximum Gasteiger partial charge on any atom is 0.355 e. The second kappa shape index (κ2) is 5.23. The molecule has 0 bridgehead atoms. The number of carboxylic acids is 1. The number of aromatic carboxylic acids is 1. The molecule has 5 heteroatoms. The molecule has 1 aromatic rings. The highest BCUT2D eigenvalue weighted by molar-refractivity contribution is 7.12. The van der Waals surface area contributed by atoms with Crippen LogP contribution in [0.5, 0.6) is 0 Å². The first-order chi connectivity index (χ1) is 7.10. The Balaban J connectivity index is 3.03. The minimum Gasteiger partial charge on any atom is -0.476 e. The van der Waals surface area contributed by atoms with Crippen molar-refractivity contribution < 1.29 is 14.6 Å². The molecular formula is C10H15NO3S. The van der Waals surface area contributed by atoms with Crippen molar-refractivity contribution >= 4 is 17.3 Å². The highest BCUT2D eigenvalue weighted by Crippen LogP contribution is 2.27. The molecule has 0 aliphatic heterocycles. The Morgan fingerprint density at radius 3 is 2.80 bits per heavy atom. The van der Waals surface area contributed by atoms with Crippen molar-refractivity contribution in [1.82, 2.24) is 4.98 Å². The van der Waals surface area contributed by atoms with Crippen LogP contribution in [0.4, 0.5) is 0 Å². The lowest BCUT2D eigenvalue weighted by Crippen LogP contribution is -2.07. The van der Waals surface area contributed by atoms with E-state index in [1.807, 2.05) is 13.8 Å². The average molecular weight is 229 g/mol. The number of hydrogen-bond donors (Lipinski definition) is 1. The van der Waals surface area contributed by atoms with Gasteiger partial charge in [0.2, 0.25) is 0 Å². The lowest BCUT2D eigenvalue weighted by Gasteiger charge is -2.07. The van der Waals surface area contributed by atoms with Crippen LogP contribution >= 0.6 is 11.3 Å². The van der Waals surface area contributed by atoms with Crippen molar-refractivity contribution in [3.8, 4) is 0 Å². The van der Waals surface area contributed by atoms with Crippen molar-refractivity contribution in [3.63, 3.8) is 0 Å². The van der Waals surface area contributed by atoms with E-state index in [4.69, 9.17) is 9.84 Å². The number of aromatic nitrogens is 1. The fourth-order valence-electron chi connectivity index (χ4n) is 1.34. The molecule has 0 saturated carbocycles. The number of ether oxygens (including phenoxy) is 1. The molecule has 1 N–H and O–H groups in total. The zero-order valence-electron chi connectivity index (χ0n) is 9.11. The number of carboxylic acid groups (broad SMARTS) is 1. The summed E-state index contributed by atoms with van der Waals surface area (Å²) in [5, 5.41) is 9.86. The molecule has 0 radical (unpaired) electrons. The summed E-state index contributed by atoms with van der Waals surface area (Å²) in [5.41, 5.74) is 0.182. The van der Waals surface area contributed by atoms with Gasteiger partial charge in [0.05, 0.1) is 11.6 Å². The standard InChI is InChI=1S/C10H15NO3S/c1-4-7-11-8(10(12)13)9(15-7)6(2)5-14-3/h6H,4-5H2,1-3H3,(H,12,13). The van der Waals surface area contributed by atoms with Crippen molar-refractivity contribution in [2.45, 2.75) is 26.2 Å². The Kier molecular flexibility index (Phi) is 4.23. The maximum atomic E-state index is 11.0. The van der Waals surface area contributed by atoms with Crippen molar-refractivity contribution in [2.24, 2.45) is 0 Å². The van der Waals surface area contributed by atoms with Crippen LogP contribution in [-0.2, 0) is 11.2 Å². The van der Waals surface area contributed by atoms with E-state index in [1.54, 1.807) is 7.11 Å². The lowest BCUT2D eigenvalue weighted by molar-refractivity contribution is 0.0688. The summed E-state index contributed by atoms with van der Waals surface area (Å²) >= 11 is 1.46. The Bertz CT molecular complexity index is 348. The van der Waals surface area contributed by atoms with Gasteiger partial charge in [0.25, 0.3) is 0 Å². The Morgan fingerprint density at radius 1 is 1.67 bits per heavy atom. The van der Waals surface area contributed by atoms with Crippen LogP contribution in [0.3, 0.4) is 0 Å². The minimum atomic E-state index is -0.955. The first-order valence-corrected chi connectivity index (χ1v) is 5.63. The summed E-state index contributed by atoms with van der Waals surface area (Å²) in [6.07, 6.45) is 0.769. The van der Waals surface area contributed by atoms with Gasteiger partial charge in [-0.15, -0.1) is 11.3 Å². The van der Waals surface area contributed by atoms with Crippen LogP contribution in [0, 0.1) is 0 Å². The van der Waals surface area contributed by atoms with Crippen LogP contribution in [-0.4, -0.2) is 29.8 Å². The SMILES string of the molecule is CCc1nc(C(=O)O)c(C(C)COC)s1. The third-order valence-electron chi connectivity index (χ3n) is 2.07. The monoisotopic (exact) mass is 229 g/mol. The van der Waals surface area contributed by atoms with Gasteiger partial charge in [-0.2, -0.15) is 0 Å². The highest BCUT2D eigenvalue weighted by atomic mass is 32.1. The Hall–Kier alpha value is -0.940. The lowest BCUT2D eigenvalue weighted by atomic mass is 10.1. The van der Waals surface area contributed by atoms with Gasteiger partial charge in [-0.25, -0.2) is 9.78 Å². The molecule has 0 amide bonds. The molecule has 1 heterocycles. The summed E-state index contributed by atoms with van der Waals surface area (Å²) in [7, 11) is 1.61. The van der Waals surface area contributed by atoms with Crippen molar-refractivity contribution in [1.29, 1.82) is 0 Å². The first-order valence-electron chi connectivity index (χ1n) is 4.82. The van der Waals surface area contributed by atoms with Gasteiger partial charge in [-0.1, -0.05) is 13.8 Å². The molecule has 0 aliphatic carbocycles. The molecule has 15 heavy (non-hydrogen) atoms. The van der Waals surface area contributed by atoms with E-state index < -0.39 is 5.97 Å². The molecule has 0 saturated heterocycles. The normalized spacial score (nSPS) is 12.7. The van der Waals surface area contributed by atoms with E-state index in [9.17, 15) is 4.79 Å². The Labute approximate surface area is 92.9 Å². The van der Waals surface area contributed by atoms with E-state index in [1.165, 1.54) is 11.3 Å². The molecule has 1 atom stereocenters. The van der Waals surface area contributed by atoms with Gasteiger partial charge < -0.3 is 9.84 Å². The molecule has 0 fully saturated rings. The van der Waals surface area contributed by atoms with Crippen LogP contribution in [0.1, 0.15) is 40.1 Å². The topological polar surface area (TPSA) is 59.4 Å². The summed E-state index contributed by atoms with van der Waals surface area (Å²) in [6, 6.07) is 0. The molecule has 1 rings (SSSR count). The quantitative estimate of drug-likeness (QED) is 0.840. The van der Waals surface area contributed by atoms with Crippen LogP contribution < -0.4 is 0 Å². The second-order valence-electron chi connectivity index (χ2n) is 3.34. The molecule has 1 unspecified atom stereocenters. The van der Waals surface area contributed by atoms with E-state index in [0.717, 1.165) is 16.3 Å². The van der Waals surface area contributed by atoms with Crippen LogP contribution in [0.2, 0.25) is 0 Å². The van der Waals surface area contributed by atoms with Gasteiger partial charge >= 0.3 is 5.97 Å². The van der Waals surface area contributed by atoms with E-state index in [0.29, 0.717) is 6.61 Å². The number of carbonyl (C=O) groups is 1. The molecular weight excluding hydrogens is 214 g/mol. The number of rotatable bonds is 5. The van der Waals surface area contributed by atoms with Gasteiger partial charge in [-0.3, -0.25) is 0 Å². The predicted octanol–water partition coefficient (Wildman–Crippen LogP) is 2.15. The van der Waals surface area contributed by atoms with E-state index in [2.05, 4.69) is 4.98 Å². The zero-order valence-corrected chi connectivity index (χ0v) is 9.93. The minimum absolute atomic E-state index is 0.0823. The average Bonchev–Trinajstić information content (AvgIpc) is 2.61. The highest BCUT2D eigenvalue weighted by Gasteiger charge is 2.21. The van der Waals surface area contributed by atoms with Gasteiger partial charge in [0.1, 0.15) is 0 Å². The third-order valence-corrected chi connectivity index (χ3v) is 3.50. The number of methoxy groups -OCH3 is 1. The largest absolute Gasteiger partial charge is 0.476 e. The predicted molar refractivity (Wildman–Crippen MR) is 58.7 cm³/mol. The van der Waals surface area contributed by atoms with E-state index >= 15 is 0 Å². The second-order valence-corrected chi connectivity index (χ2v) is 4.45. The summed E-state index contributed by atoms with van der Waals surface area (Å²) in [6.45, 7) is 4.43. The van der Waals surface area contributed by atoms with Crippen LogP contribution in [0.15, 0.2) is 0 Å². The molecule has 0 aliphatic rings. The van der Waals surface area contributed by atoms with Gasteiger partial charge in [0, 0.05) is 17.9 Å². The summed E-state index contributed by atoms with van der Waals surface area (Å²) in [4.78, 5) is 15.9. The first kappa shape index (κ1) is 12.1. The summed E-state index contributed by atoms with van der Waals surface area (Å²) in [5.74, 6) is -0.872. The molecule has 0 aromatic carbocycles. The summed E-state index contributed by atoms with van der Waals surface area (Å²) < 4.78 is 5.02. The van der Waals surface area contributed by atoms with Crippen LogP contribution in [0.25, 0.3) is 0 Å². The maximum absolute atomic E-state index is 11.0. The molecule has 1 aromatic heterocycles. The molecule has 4 nitrogen and oxygen atoms in total. The number of hydrogen-bond acceptors (Lipinski definition) is 4. The zero-order chi connectivity index (χ0) is 11.4. The number of aryl methyl sites for hydroxylation is 1. The van der Waals surface area contributed by atoms with Crippen molar-refractivity contribution in [3.05, 3.63) is 15.6 Å². The van der Waals surface area contributed by atoms with Crippen molar-refractivity contribution in [2.75, 3.05) is 13.7 Å². The molecule has 84 valence electrons. The fraction of sp³-hybridized carbons (Fsp3) is 0.600. The Morgan fingerprint density at radius 2 is 2.33 bits per heavy atom. The number of thiazole rings is 1. The van der Waals surface area contributed by atoms with Gasteiger partial charge in [-0.05, 0) is 6.42 Å². The number of nitrogens with zero attached hydrogens (tertiary/aromatic N) is 1. The molecule has 0 spiro atoms. The van der Waals surface area contributed by atoms with E-state index in [-0.39, 0.29) is 11.6 Å². The fourth-order valence-corrected chi connectivity index (χ4v) is 2.38. The van der Waals surface area contributed by atoms with Gasteiger partial charge in [0.15, 0.2) is 5.69 Å². The smallest absolute Gasteiger partial charge is 0.355 e. The third kappa shape index (κ3) is 2.76.